The van der Waals surface area contributed by atoms with Gasteiger partial charge in [0.15, 0.2) is 0 Å². The lowest BCUT2D eigenvalue weighted by Crippen LogP contribution is -3.28. The predicted molar refractivity (Wildman–Crippen MR) is 107 cm³/mol. The third-order valence-corrected chi connectivity index (χ3v) is 6.48. The van der Waals surface area contributed by atoms with Gasteiger partial charge in [-0.3, -0.25) is 4.79 Å². The Balaban J connectivity index is 1.73. The van der Waals surface area contributed by atoms with Crippen LogP contribution >= 0.6 is 11.3 Å². The van der Waals surface area contributed by atoms with Crippen molar-refractivity contribution in [3.8, 4) is 0 Å². The molecule has 2 aromatic rings. The van der Waals surface area contributed by atoms with Gasteiger partial charge in [-0.05, 0) is 44.4 Å². The number of benzene rings is 1. The molecule has 1 fully saturated rings. The van der Waals surface area contributed by atoms with Crippen LogP contribution < -0.4 is 15.1 Å². The first-order valence-electron chi connectivity index (χ1n) is 9.67. The van der Waals surface area contributed by atoms with Gasteiger partial charge in [0.05, 0.1) is 17.5 Å². The van der Waals surface area contributed by atoms with E-state index >= 15 is 0 Å². The van der Waals surface area contributed by atoms with Gasteiger partial charge in [-0.1, -0.05) is 23.8 Å². The van der Waals surface area contributed by atoms with Gasteiger partial charge in [0.2, 0.25) is 0 Å². The zero-order valence-electron chi connectivity index (χ0n) is 16.0. The molecule has 1 aromatic carbocycles. The highest BCUT2D eigenvalue weighted by Crippen LogP contribution is 2.20. The lowest BCUT2D eigenvalue weighted by molar-refractivity contribution is -1.03. The summed E-state index contributed by atoms with van der Waals surface area (Å²) in [4.78, 5) is 17.4. The van der Waals surface area contributed by atoms with Gasteiger partial charge in [-0.2, -0.15) is 0 Å². The largest absolute Gasteiger partial charge is 0.343 e. The maximum absolute atomic E-state index is 12.7. The average molecular weight is 374 g/mol. The summed E-state index contributed by atoms with van der Waals surface area (Å²) in [6.45, 7) is 12.4. The predicted octanol–water partition coefficient (Wildman–Crippen LogP) is 0.719. The maximum atomic E-state index is 12.7. The highest BCUT2D eigenvalue weighted by atomic mass is 32.1. The summed E-state index contributed by atoms with van der Waals surface area (Å²) >= 11 is 1.81. The summed E-state index contributed by atoms with van der Waals surface area (Å²) in [6, 6.07) is 12.6. The van der Waals surface area contributed by atoms with Gasteiger partial charge in [-0.25, -0.2) is 0 Å². The minimum absolute atomic E-state index is 0.0278. The van der Waals surface area contributed by atoms with Crippen molar-refractivity contribution in [1.82, 2.24) is 5.32 Å². The fraction of sp³-hybridized carbons (Fsp3) is 0.476. The van der Waals surface area contributed by atoms with E-state index in [4.69, 9.17) is 0 Å². The Bertz CT molecular complexity index is 708. The van der Waals surface area contributed by atoms with E-state index in [9.17, 15) is 4.79 Å². The van der Waals surface area contributed by atoms with E-state index in [0.717, 1.165) is 24.2 Å². The van der Waals surface area contributed by atoms with Crippen molar-refractivity contribution in [3.63, 3.8) is 0 Å². The van der Waals surface area contributed by atoms with Crippen molar-refractivity contribution in [2.75, 3.05) is 32.7 Å². The van der Waals surface area contributed by atoms with Crippen molar-refractivity contribution in [1.29, 1.82) is 0 Å². The van der Waals surface area contributed by atoms with E-state index in [1.165, 1.54) is 24.5 Å². The lowest BCUT2D eigenvalue weighted by atomic mass is 10.0. The van der Waals surface area contributed by atoms with Gasteiger partial charge in [0.25, 0.3) is 5.91 Å². The van der Waals surface area contributed by atoms with Gasteiger partial charge in [0, 0.05) is 5.56 Å². The number of thiophene rings is 1. The normalized spacial score (nSPS) is 22.6. The van der Waals surface area contributed by atoms with E-state index in [1.54, 1.807) is 21.1 Å². The minimum Gasteiger partial charge on any atom is -0.343 e. The number of carbonyl (C=O) groups is 1. The van der Waals surface area contributed by atoms with Crippen LogP contribution in [0.2, 0.25) is 0 Å². The number of rotatable bonds is 6. The van der Waals surface area contributed by atoms with Crippen molar-refractivity contribution >= 4 is 17.2 Å². The molecule has 1 amide bonds. The molecule has 4 nitrogen and oxygen atoms in total. The zero-order chi connectivity index (χ0) is 18.5. The quantitative estimate of drug-likeness (QED) is 0.686. The van der Waals surface area contributed by atoms with Gasteiger partial charge in [0.1, 0.15) is 32.2 Å². The number of carbonyl (C=O) groups excluding carboxylic acids is 1. The molecule has 0 radical (unpaired) electrons. The summed E-state index contributed by atoms with van der Waals surface area (Å²) in [6.07, 6.45) is 0. The second-order valence-electron chi connectivity index (χ2n) is 7.39. The van der Waals surface area contributed by atoms with Crippen LogP contribution in [0.5, 0.6) is 0 Å². The Hall–Kier alpha value is -1.69. The standard InChI is InChI=1S/C21H29N3OS/c1-4-23-10-12-24(13-11-23)20(19-9-6-14-26-19)17(3)22-21(25)18-8-5-7-16(2)15-18/h5-9,14-15,17,20H,4,10-13H2,1-3H3,(H,22,25)/p+2/t17-,20+/m0/s1. The molecule has 2 atom stereocenters. The molecule has 1 aliphatic rings. The smallest absolute Gasteiger partial charge is 0.251 e. The van der Waals surface area contributed by atoms with Crippen LogP contribution in [0.4, 0.5) is 0 Å². The van der Waals surface area contributed by atoms with E-state index in [2.05, 4.69) is 36.7 Å². The lowest BCUT2D eigenvalue weighted by Gasteiger charge is -2.36. The Kier molecular flexibility index (Phi) is 6.46. The summed E-state index contributed by atoms with van der Waals surface area (Å²) in [5.74, 6) is 0.0278. The first-order valence-corrected chi connectivity index (χ1v) is 10.6. The summed E-state index contributed by atoms with van der Waals surface area (Å²) in [5.41, 5.74) is 1.86. The van der Waals surface area contributed by atoms with Crippen molar-refractivity contribution < 1.29 is 14.6 Å². The number of hydrogen-bond donors (Lipinski definition) is 3. The molecule has 2 heterocycles. The molecule has 140 valence electrons. The molecular weight excluding hydrogens is 342 g/mol. The van der Waals surface area contributed by atoms with Crippen molar-refractivity contribution in [2.24, 2.45) is 0 Å². The second-order valence-corrected chi connectivity index (χ2v) is 8.37. The van der Waals surface area contributed by atoms with Crippen LogP contribution in [0, 0.1) is 6.92 Å². The molecule has 26 heavy (non-hydrogen) atoms. The molecule has 1 saturated heterocycles. The number of quaternary nitrogens is 2. The zero-order valence-corrected chi connectivity index (χ0v) is 16.9. The first-order chi connectivity index (χ1) is 12.6. The van der Waals surface area contributed by atoms with Gasteiger partial charge < -0.3 is 15.1 Å². The molecule has 0 bridgehead atoms. The molecule has 1 aromatic heterocycles. The van der Waals surface area contributed by atoms with E-state index in [-0.39, 0.29) is 11.9 Å². The van der Waals surface area contributed by atoms with Gasteiger partial charge in [-0.15, -0.1) is 11.3 Å². The Labute approximate surface area is 160 Å². The van der Waals surface area contributed by atoms with E-state index in [1.807, 2.05) is 31.2 Å². The fourth-order valence-electron chi connectivity index (χ4n) is 4.02. The molecule has 0 aliphatic carbocycles. The maximum Gasteiger partial charge on any atom is 0.251 e. The third-order valence-electron chi connectivity index (χ3n) is 5.53. The Morgan fingerprint density at radius 3 is 2.58 bits per heavy atom. The number of likely N-dealkylation sites (N-methyl/N-ethyl adjacent to an activating group) is 1. The molecule has 3 rings (SSSR count). The minimum atomic E-state index is 0.0278. The van der Waals surface area contributed by atoms with Crippen LogP contribution in [0.15, 0.2) is 41.8 Å². The van der Waals surface area contributed by atoms with Gasteiger partial charge >= 0.3 is 0 Å². The molecular formula is C21H31N3OS+2. The highest BCUT2D eigenvalue weighted by molar-refractivity contribution is 7.10. The van der Waals surface area contributed by atoms with Crippen LogP contribution in [0.3, 0.4) is 0 Å². The molecule has 3 N–H and O–H groups in total. The molecule has 1 aliphatic heterocycles. The Morgan fingerprint density at radius 2 is 1.96 bits per heavy atom. The van der Waals surface area contributed by atoms with Crippen LogP contribution in [-0.2, 0) is 0 Å². The summed E-state index contributed by atoms with van der Waals surface area (Å²) in [5, 5.41) is 5.42. The van der Waals surface area contributed by atoms with Crippen LogP contribution in [0.1, 0.15) is 40.7 Å². The molecule has 0 saturated carbocycles. The van der Waals surface area contributed by atoms with Crippen molar-refractivity contribution in [3.05, 3.63) is 57.8 Å². The Morgan fingerprint density at radius 1 is 1.19 bits per heavy atom. The number of amides is 1. The molecule has 0 spiro atoms. The number of aryl methyl sites for hydroxylation is 1. The van der Waals surface area contributed by atoms with Crippen LogP contribution in [-0.4, -0.2) is 44.7 Å². The monoisotopic (exact) mass is 373 g/mol. The number of hydrogen-bond acceptors (Lipinski definition) is 2. The number of nitrogens with one attached hydrogen (secondary N) is 3. The second kappa shape index (κ2) is 8.80. The average Bonchev–Trinajstić information content (AvgIpc) is 3.16. The van der Waals surface area contributed by atoms with E-state index < -0.39 is 0 Å². The van der Waals surface area contributed by atoms with E-state index in [0.29, 0.717) is 6.04 Å². The fourth-order valence-corrected chi connectivity index (χ4v) is 5.01. The first kappa shape index (κ1) is 19.1. The third kappa shape index (κ3) is 4.53. The van der Waals surface area contributed by atoms with Crippen LogP contribution in [0.25, 0.3) is 0 Å². The topological polar surface area (TPSA) is 38.0 Å². The highest BCUT2D eigenvalue weighted by Gasteiger charge is 2.35. The van der Waals surface area contributed by atoms with Crippen molar-refractivity contribution in [2.45, 2.75) is 32.9 Å². The SMILES string of the molecule is CC[NH+]1CC[NH+]([C@@H](c2cccs2)[C@H](C)NC(=O)c2cccc(C)c2)CC1. The number of piperazine rings is 1. The molecule has 0 unspecified atom stereocenters. The summed E-state index contributed by atoms with van der Waals surface area (Å²) < 4.78 is 0. The summed E-state index contributed by atoms with van der Waals surface area (Å²) in [7, 11) is 0. The molecule has 5 heteroatoms.